The van der Waals surface area contributed by atoms with E-state index in [-0.39, 0.29) is 5.41 Å². The van der Waals surface area contributed by atoms with E-state index in [2.05, 4.69) is 196 Å². The lowest BCUT2D eigenvalue weighted by Crippen LogP contribution is -2.15. The maximum atomic E-state index is 5.39. The Morgan fingerprint density at radius 1 is 0.345 bits per heavy atom. The highest BCUT2D eigenvalue weighted by Gasteiger charge is 2.36. The van der Waals surface area contributed by atoms with Crippen molar-refractivity contribution in [2.75, 3.05) is 0 Å². The Hall–Kier alpha value is -6.90. The lowest BCUT2D eigenvalue weighted by molar-refractivity contribution is 0.661. The Labute approximate surface area is 320 Å². The molecular weight excluding hydrogens is 665 g/mol. The Balaban J connectivity index is 1.11. The molecule has 2 nitrogen and oxygen atoms in total. The van der Waals surface area contributed by atoms with Crippen LogP contribution < -0.4 is 0 Å². The molecule has 9 aromatic carbocycles. The van der Waals surface area contributed by atoms with Crippen molar-refractivity contribution in [2.24, 2.45) is 0 Å². The van der Waals surface area contributed by atoms with Gasteiger partial charge in [0, 0.05) is 22.1 Å². The fraction of sp³-hybridized carbons (Fsp3) is 0.0566. The van der Waals surface area contributed by atoms with Gasteiger partial charge in [0.15, 0.2) is 5.82 Å². The largest absolute Gasteiger partial charge is 0.228 e. The molecule has 0 saturated carbocycles. The quantitative estimate of drug-likeness (QED) is 0.183. The number of hydrogen-bond acceptors (Lipinski definition) is 2. The van der Waals surface area contributed by atoms with Crippen LogP contribution in [0.1, 0.15) is 25.0 Å². The molecule has 258 valence electrons. The standard InChI is InChI=1S/C53H36N2/c1-53(2)47-30-26-35-15-5-8-20-40(35)51(47)46-27-25-36(31-48(46)53)39-28-29-45(42-22-10-9-21-41(39)42)52-54-49(43-23-11-16-33-13-3-6-18-37(33)43)32-50(55-52)44-24-12-17-34-14-4-7-19-38(34)44/h3-32H,1-2H3. The minimum absolute atomic E-state index is 0.117. The number of rotatable bonds is 4. The van der Waals surface area contributed by atoms with Gasteiger partial charge in [0.1, 0.15) is 0 Å². The maximum Gasteiger partial charge on any atom is 0.161 e. The first kappa shape index (κ1) is 31.6. The first-order chi connectivity index (χ1) is 27.0. The van der Waals surface area contributed by atoms with Gasteiger partial charge in [0.2, 0.25) is 0 Å². The first-order valence-corrected chi connectivity index (χ1v) is 19.1. The van der Waals surface area contributed by atoms with Crippen molar-refractivity contribution in [3.8, 4) is 56.2 Å². The molecule has 1 heterocycles. The molecule has 0 aliphatic heterocycles. The molecule has 1 aliphatic carbocycles. The van der Waals surface area contributed by atoms with E-state index in [1.807, 2.05) is 0 Å². The summed E-state index contributed by atoms with van der Waals surface area (Å²) in [6.45, 7) is 4.73. The van der Waals surface area contributed by atoms with Gasteiger partial charge in [-0.1, -0.05) is 178 Å². The van der Waals surface area contributed by atoms with E-state index >= 15 is 0 Å². The predicted octanol–water partition coefficient (Wildman–Crippen LogP) is 14.1. The molecule has 0 radical (unpaired) electrons. The van der Waals surface area contributed by atoms with E-state index in [9.17, 15) is 0 Å². The summed E-state index contributed by atoms with van der Waals surface area (Å²) in [4.78, 5) is 10.8. The first-order valence-electron chi connectivity index (χ1n) is 19.1. The fourth-order valence-corrected chi connectivity index (χ4v) is 9.16. The molecule has 0 saturated heterocycles. The van der Waals surface area contributed by atoms with Gasteiger partial charge in [0.25, 0.3) is 0 Å². The van der Waals surface area contributed by atoms with Crippen LogP contribution in [0.4, 0.5) is 0 Å². The van der Waals surface area contributed by atoms with Gasteiger partial charge in [-0.05, 0) is 94.7 Å². The second-order valence-electron chi connectivity index (χ2n) is 15.3. The smallest absolute Gasteiger partial charge is 0.161 e. The maximum absolute atomic E-state index is 5.39. The van der Waals surface area contributed by atoms with Crippen molar-refractivity contribution in [1.82, 2.24) is 9.97 Å². The molecule has 1 aromatic heterocycles. The van der Waals surface area contributed by atoms with Crippen LogP contribution in [-0.4, -0.2) is 9.97 Å². The van der Waals surface area contributed by atoms with Crippen molar-refractivity contribution in [1.29, 1.82) is 0 Å². The molecule has 1 aliphatic rings. The van der Waals surface area contributed by atoms with E-state index in [0.29, 0.717) is 5.82 Å². The third-order valence-corrected chi connectivity index (χ3v) is 11.9. The topological polar surface area (TPSA) is 25.8 Å². The van der Waals surface area contributed by atoms with E-state index in [1.54, 1.807) is 0 Å². The van der Waals surface area contributed by atoms with Gasteiger partial charge >= 0.3 is 0 Å². The number of aromatic nitrogens is 2. The summed E-state index contributed by atoms with van der Waals surface area (Å²) in [6, 6.07) is 65.9. The third-order valence-electron chi connectivity index (χ3n) is 11.9. The van der Waals surface area contributed by atoms with Crippen molar-refractivity contribution < 1.29 is 0 Å². The normalized spacial score (nSPS) is 13.1. The molecule has 55 heavy (non-hydrogen) atoms. The zero-order valence-electron chi connectivity index (χ0n) is 30.7. The Bertz CT molecular complexity index is 3080. The number of benzene rings is 9. The third kappa shape index (κ3) is 4.88. The second-order valence-corrected chi connectivity index (χ2v) is 15.3. The molecule has 0 atom stereocenters. The Morgan fingerprint density at radius 3 is 1.47 bits per heavy atom. The molecule has 0 spiro atoms. The van der Waals surface area contributed by atoms with Crippen molar-refractivity contribution in [3.63, 3.8) is 0 Å². The summed E-state index contributed by atoms with van der Waals surface area (Å²) in [7, 11) is 0. The molecular formula is C53H36N2. The number of fused-ring (bicyclic) bond motifs is 8. The molecule has 2 heteroatoms. The van der Waals surface area contributed by atoms with E-state index < -0.39 is 0 Å². The second kappa shape index (κ2) is 12.1. The van der Waals surface area contributed by atoms with Crippen LogP contribution in [0.15, 0.2) is 182 Å². The SMILES string of the molecule is CC1(C)c2cc(-c3ccc(-c4nc(-c5cccc6ccccc56)cc(-c5cccc6ccccc56)n4)c4ccccc34)ccc2-c2c1ccc1ccccc21. The predicted molar refractivity (Wildman–Crippen MR) is 231 cm³/mol. The summed E-state index contributed by atoms with van der Waals surface area (Å²) in [6.07, 6.45) is 0. The van der Waals surface area contributed by atoms with Crippen LogP contribution in [0.3, 0.4) is 0 Å². The van der Waals surface area contributed by atoms with E-state index in [0.717, 1.165) is 33.5 Å². The zero-order valence-corrected chi connectivity index (χ0v) is 30.7. The van der Waals surface area contributed by atoms with Crippen LogP contribution in [0.2, 0.25) is 0 Å². The highest BCUT2D eigenvalue weighted by atomic mass is 14.9. The monoisotopic (exact) mass is 700 g/mol. The van der Waals surface area contributed by atoms with Crippen LogP contribution in [0.5, 0.6) is 0 Å². The highest BCUT2D eigenvalue weighted by Crippen LogP contribution is 2.52. The molecule has 0 N–H and O–H groups in total. The molecule has 0 unspecified atom stereocenters. The van der Waals surface area contributed by atoms with Gasteiger partial charge in [-0.25, -0.2) is 9.97 Å². The van der Waals surface area contributed by atoms with Crippen molar-refractivity contribution >= 4 is 43.1 Å². The minimum atomic E-state index is -0.117. The van der Waals surface area contributed by atoms with Crippen LogP contribution in [0, 0.1) is 0 Å². The summed E-state index contributed by atoms with van der Waals surface area (Å²) < 4.78 is 0. The van der Waals surface area contributed by atoms with E-state index in [1.165, 1.54) is 71.1 Å². The highest BCUT2D eigenvalue weighted by molar-refractivity contribution is 6.07. The average Bonchev–Trinajstić information content (AvgIpc) is 3.48. The van der Waals surface area contributed by atoms with Crippen LogP contribution in [-0.2, 0) is 5.41 Å². The fourth-order valence-electron chi connectivity index (χ4n) is 9.16. The van der Waals surface area contributed by atoms with E-state index in [4.69, 9.17) is 9.97 Å². The van der Waals surface area contributed by atoms with Gasteiger partial charge in [0.05, 0.1) is 11.4 Å². The molecule has 10 aromatic rings. The number of nitrogens with zero attached hydrogens (tertiary/aromatic N) is 2. The zero-order chi connectivity index (χ0) is 36.7. The summed E-state index contributed by atoms with van der Waals surface area (Å²) in [5.41, 5.74) is 12.8. The lowest BCUT2D eigenvalue weighted by Gasteiger charge is -2.22. The number of hydrogen-bond donors (Lipinski definition) is 0. The minimum Gasteiger partial charge on any atom is -0.228 e. The summed E-state index contributed by atoms with van der Waals surface area (Å²) in [5.74, 6) is 0.716. The molecule has 0 fully saturated rings. The van der Waals surface area contributed by atoms with Crippen molar-refractivity contribution in [3.05, 3.63) is 193 Å². The average molecular weight is 701 g/mol. The van der Waals surface area contributed by atoms with Gasteiger partial charge in [-0.3, -0.25) is 0 Å². The van der Waals surface area contributed by atoms with Crippen LogP contribution in [0.25, 0.3) is 99.2 Å². The van der Waals surface area contributed by atoms with Gasteiger partial charge in [-0.2, -0.15) is 0 Å². The molecule has 0 amide bonds. The summed E-state index contributed by atoms with van der Waals surface area (Å²) in [5, 5.41) is 9.65. The van der Waals surface area contributed by atoms with Gasteiger partial charge < -0.3 is 0 Å². The Morgan fingerprint density at radius 2 is 0.836 bits per heavy atom. The van der Waals surface area contributed by atoms with Crippen molar-refractivity contribution in [2.45, 2.75) is 19.3 Å². The summed E-state index contributed by atoms with van der Waals surface area (Å²) >= 11 is 0. The Kier molecular flexibility index (Phi) is 6.93. The molecule has 11 rings (SSSR count). The lowest BCUT2D eigenvalue weighted by atomic mass is 9.81. The van der Waals surface area contributed by atoms with Crippen LogP contribution >= 0.6 is 0 Å². The molecule has 0 bridgehead atoms. The van der Waals surface area contributed by atoms with Gasteiger partial charge in [-0.15, -0.1) is 0 Å².